The SMILES string of the molecule is C[C@H]1O[C@]1(C#C[Si](C)(C)C)c1ccccc1. The standard InChI is InChI=1S/C14H18OSi/c1-12-14(15-12,10-11-16(2,3)4)13-8-6-5-7-9-13/h5-9,12H,1-4H3/t12-,14+/m1/s1. The van der Waals surface area contributed by atoms with E-state index in [1.165, 1.54) is 5.56 Å². The Hall–Kier alpha value is -1.04. The predicted molar refractivity (Wildman–Crippen MR) is 69.8 cm³/mol. The summed E-state index contributed by atoms with van der Waals surface area (Å²) in [7, 11) is -1.33. The van der Waals surface area contributed by atoms with Crippen LogP contribution in [0.2, 0.25) is 19.6 Å². The summed E-state index contributed by atoms with van der Waals surface area (Å²) in [5, 5.41) is 0. The van der Waals surface area contributed by atoms with Gasteiger partial charge in [-0.1, -0.05) is 55.9 Å². The number of benzene rings is 1. The smallest absolute Gasteiger partial charge is 0.179 e. The molecule has 0 saturated carbocycles. The molecule has 0 amide bonds. The zero-order valence-electron chi connectivity index (χ0n) is 10.4. The van der Waals surface area contributed by atoms with Crippen molar-refractivity contribution in [1.29, 1.82) is 0 Å². The number of ether oxygens (including phenoxy) is 1. The van der Waals surface area contributed by atoms with Gasteiger partial charge in [0.1, 0.15) is 14.2 Å². The number of rotatable bonds is 1. The Morgan fingerprint density at radius 3 is 2.19 bits per heavy atom. The average molecular weight is 230 g/mol. The minimum absolute atomic E-state index is 0.221. The number of hydrogen-bond donors (Lipinski definition) is 0. The summed E-state index contributed by atoms with van der Waals surface area (Å²) in [5.74, 6) is 3.37. The molecule has 1 aliphatic heterocycles. The van der Waals surface area contributed by atoms with Gasteiger partial charge in [-0.2, -0.15) is 0 Å². The summed E-state index contributed by atoms with van der Waals surface area (Å²) in [5.41, 5.74) is 4.29. The summed E-state index contributed by atoms with van der Waals surface area (Å²) in [6, 6.07) is 10.3. The molecule has 0 aromatic heterocycles. The second-order valence-electron chi connectivity index (χ2n) is 5.36. The van der Waals surface area contributed by atoms with Crippen molar-refractivity contribution in [3.05, 3.63) is 35.9 Å². The van der Waals surface area contributed by atoms with Gasteiger partial charge in [0.05, 0.1) is 0 Å². The minimum atomic E-state index is -1.33. The topological polar surface area (TPSA) is 12.5 Å². The van der Waals surface area contributed by atoms with Gasteiger partial charge < -0.3 is 4.74 Å². The van der Waals surface area contributed by atoms with Gasteiger partial charge >= 0.3 is 0 Å². The Morgan fingerprint density at radius 2 is 1.75 bits per heavy atom. The zero-order valence-corrected chi connectivity index (χ0v) is 11.4. The van der Waals surface area contributed by atoms with Crippen LogP contribution in [0.4, 0.5) is 0 Å². The zero-order chi connectivity index (χ0) is 11.8. The van der Waals surface area contributed by atoms with Gasteiger partial charge in [-0.3, -0.25) is 0 Å². The van der Waals surface area contributed by atoms with Crippen LogP contribution in [0.3, 0.4) is 0 Å². The highest BCUT2D eigenvalue weighted by molar-refractivity contribution is 6.83. The van der Waals surface area contributed by atoms with Crippen LogP contribution in [-0.2, 0) is 10.3 Å². The van der Waals surface area contributed by atoms with Gasteiger partial charge in [0, 0.05) is 0 Å². The van der Waals surface area contributed by atoms with Gasteiger partial charge in [0.25, 0.3) is 0 Å². The summed E-state index contributed by atoms with van der Waals surface area (Å²) < 4.78 is 5.73. The molecule has 84 valence electrons. The van der Waals surface area contributed by atoms with Crippen molar-refractivity contribution in [2.75, 3.05) is 0 Å². The van der Waals surface area contributed by atoms with Crippen LogP contribution < -0.4 is 0 Å². The highest BCUT2D eigenvalue weighted by atomic mass is 28.3. The first-order valence-electron chi connectivity index (χ1n) is 5.72. The predicted octanol–water partition coefficient (Wildman–Crippen LogP) is 3.18. The maximum atomic E-state index is 5.73. The van der Waals surface area contributed by atoms with E-state index in [9.17, 15) is 0 Å². The second-order valence-corrected chi connectivity index (χ2v) is 10.1. The Kier molecular flexibility index (Phi) is 2.69. The van der Waals surface area contributed by atoms with Crippen LogP contribution in [0.1, 0.15) is 12.5 Å². The van der Waals surface area contributed by atoms with E-state index in [1.54, 1.807) is 0 Å². The molecule has 0 bridgehead atoms. The highest BCUT2D eigenvalue weighted by Crippen LogP contribution is 2.45. The van der Waals surface area contributed by atoms with Crippen LogP contribution in [0.25, 0.3) is 0 Å². The van der Waals surface area contributed by atoms with E-state index < -0.39 is 8.07 Å². The van der Waals surface area contributed by atoms with E-state index in [-0.39, 0.29) is 11.7 Å². The van der Waals surface area contributed by atoms with Gasteiger partial charge in [0.15, 0.2) is 5.60 Å². The van der Waals surface area contributed by atoms with Crippen LogP contribution in [0.15, 0.2) is 30.3 Å². The van der Waals surface area contributed by atoms with Crippen molar-refractivity contribution in [2.24, 2.45) is 0 Å². The first-order chi connectivity index (χ1) is 7.44. The molecule has 1 aliphatic rings. The van der Waals surface area contributed by atoms with E-state index >= 15 is 0 Å². The molecule has 16 heavy (non-hydrogen) atoms. The molecule has 1 saturated heterocycles. The molecule has 2 atom stereocenters. The first kappa shape index (κ1) is 11.4. The van der Waals surface area contributed by atoms with Crippen molar-refractivity contribution in [1.82, 2.24) is 0 Å². The molecule has 0 radical (unpaired) electrons. The summed E-state index contributed by atoms with van der Waals surface area (Å²) in [4.78, 5) is 0. The molecular formula is C14H18OSi. The Bertz CT molecular complexity index is 435. The lowest BCUT2D eigenvalue weighted by atomic mass is 9.97. The third-order valence-corrected chi connectivity index (χ3v) is 3.58. The Balaban J connectivity index is 2.32. The van der Waals surface area contributed by atoms with E-state index in [0.29, 0.717) is 0 Å². The van der Waals surface area contributed by atoms with Crippen molar-refractivity contribution in [2.45, 2.75) is 38.3 Å². The average Bonchev–Trinajstić information content (AvgIpc) is 2.89. The molecular weight excluding hydrogens is 212 g/mol. The van der Waals surface area contributed by atoms with Gasteiger partial charge in [-0.25, -0.2) is 0 Å². The molecule has 0 spiro atoms. The summed E-state index contributed by atoms with van der Waals surface area (Å²) in [6.07, 6.45) is 0.221. The Morgan fingerprint density at radius 1 is 1.19 bits per heavy atom. The molecule has 1 aromatic rings. The van der Waals surface area contributed by atoms with Crippen molar-refractivity contribution in [3.8, 4) is 11.5 Å². The van der Waals surface area contributed by atoms with E-state index in [2.05, 4.69) is 50.2 Å². The molecule has 2 rings (SSSR count). The number of hydrogen-bond acceptors (Lipinski definition) is 1. The normalized spacial score (nSPS) is 28.1. The lowest BCUT2D eigenvalue weighted by molar-refractivity contribution is 0.345. The fourth-order valence-electron chi connectivity index (χ4n) is 1.72. The van der Waals surface area contributed by atoms with Crippen molar-refractivity contribution in [3.63, 3.8) is 0 Å². The summed E-state index contributed by atoms with van der Waals surface area (Å²) >= 11 is 0. The van der Waals surface area contributed by atoms with Crippen LogP contribution in [0.5, 0.6) is 0 Å². The maximum absolute atomic E-state index is 5.73. The van der Waals surface area contributed by atoms with Gasteiger partial charge in [-0.05, 0) is 12.5 Å². The first-order valence-corrected chi connectivity index (χ1v) is 9.22. The molecule has 2 heteroatoms. The largest absolute Gasteiger partial charge is 0.348 e. The lowest BCUT2D eigenvalue weighted by Gasteiger charge is -2.08. The molecule has 0 aliphatic carbocycles. The molecule has 0 unspecified atom stereocenters. The van der Waals surface area contributed by atoms with Gasteiger partial charge in [-0.15, -0.1) is 5.54 Å². The quantitative estimate of drug-likeness (QED) is 0.410. The monoisotopic (exact) mass is 230 g/mol. The minimum Gasteiger partial charge on any atom is -0.348 e. The van der Waals surface area contributed by atoms with E-state index in [4.69, 9.17) is 4.74 Å². The van der Waals surface area contributed by atoms with Crippen LogP contribution >= 0.6 is 0 Å². The molecule has 1 heterocycles. The van der Waals surface area contributed by atoms with E-state index in [1.807, 2.05) is 18.2 Å². The lowest BCUT2D eigenvalue weighted by Crippen LogP contribution is -2.18. The molecule has 0 N–H and O–H groups in total. The number of epoxide rings is 1. The third-order valence-electron chi connectivity index (χ3n) is 2.70. The highest BCUT2D eigenvalue weighted by Gasteiger charge is 2.53. The van der Waals surface area contributed by atoms with Crippen LogP contribution in [-0.4, -0.2) is 14.2 Å². The molecule has 1 aromatic carbocycles. The van der Waals surface area contributed by atoms with Gasteiger partial charge in [0.2, 0.25) is 0 Å². The van der Waals surface area contributed by atoms with Crippen molar-refractivity contribution >= 4 is 8.07 Å². The molecule has 1 nitrogen and oxygen atoms in total. The molecule has 1 fully saturated rings. The maximum Gasteiger partial charge on any atom is 0.179 e. The third kappa shape index (κ3) is 2.21. The van der Waals surface area contributed by atoms with E-state index in [0.717, 1.165) is 0 Å². The summed E-state index contributed by atoms with van der Waals surface area (Å²) in [6.45, 7) is 8.86. The fourth-order valence-corrected chi connectivity index (χ4v) is 2.28. The second kappa shape index (κ2) is 3.76. The van der Waals surface area contributed by atoms with Crippen molar-refractivity contribution < 1.29 is 4.74 Å². The fraction of sp³-hybridized carbons (Fsp3) is 0.429. The Labute approximate surface area is 98.8 Å². The van der Waals surface area contributed by atoms with Crippen LogP contribution in [0, 0.1) is 11.5 Å².